The van der Waals surface area contributed by atoms with Crippen molar-refractivity contribution in [3.8, 4) is 23.8 Å². The van der Waals surface area contributed by atoms with Crippen molar-refractivity contribution in [3.05, 3.63) is 24.3 Å². The van der Waals surface area contributed by atoms with Gasteiger partial charge in [0.05, 0.1) is 6.54 Å². The normalized spacial score (nSPS) is 22.7. The van der Waals surface area contributed by atoms with Gasteiger partial charge in [0.25, 0.3) is 0 Å². The van der Waals surface area contributed by atoms with E-state index in [0.717, 1.165) is 50.5 Å². The molecule has 0 saturated carbocycles. The lowest BCUT2D eigenvalue weighted by Gasteiger charge is -2.33. The minimum atomic E-state index is 0.0867. The van der Waals surface area contributed by atoms with E-state index in [9.17, 15) is 0 Å². The molecule has 0 radical (unpaired) electrons. The molecule has 1 atom stereocenters. The quantitative estimate of drug-likeness (QED) is 0.851. The molecule has 4 nitrogen and oxygen atoms in total. The maximum absolute atomic E-state index is 5.96. The second-order valence-corrected chi connectivity index (χ2v) is 5.66. The predicted molar refractivity (Wildman–Crippen MR) is 82.7 cm³/mol. The molecule has 2 aliphatic heterocycles. The van der Waals surface area contributed by atoms with Gasteiger partial charge in [0, 0.05) is 25.7 Å². The topological polar surface area (TPSA) is 33.7 Å². The summed E-state index contributed by atoms with van der Waals surface area (Å²) < 4.78 is 11.7. The van der Waals surface area contributed by atoms with Crippen LogP contribution in [0.5, 0.6) is 11.5 Å². The average molecular weight is 286 g/mol. The SMILES string of the molecule is C#CCN1CCC(NCC2COc3ccccc3O2)CC1. The van der Waals surface area contributed by atoms with E-state index in [0.29, 0.717) is 12.6 Å². The summed E-state index contributed by atoms with van der Waals surface area (Å²) in [4.78, 5) is 2.33. The number of benzene rings is 1. The zero-order valence-corrected chi connectivity index (χ0v) is 12.3. The highest BCUT2D eigenvalue weighted by molar-refractivity contribution is 5.40. The Morgan fingerprint density at radius 1 is 1.24 bits per heavy atom. The van der Waals surface area contributed by atoms with Crippen molar-refractivity contribution in [3.63, 3.8) is 0 Å². The molecule has 112 valence electrons. The van der Waals surface area contributed by atoms with Crippen LogP contribution in [0.25, 0.3) is 0 Å². The van der Waals surface area contributed by atoms with Crippen LogP contribution in [0.1, 0.15) is 12.8 Å². The molecule has 1 fully saturated rings. The molecule has 1 saturated heterocycles. The first kappa shape index (κ1) is 14.2. The van der Waals surface area contributed by atoms with Crippen LogP contribution in [-0.4, -0.2) is 49.8 Å². The van der Waals surface area contributed by atoms with E-state index in [4.69, 9.17) is 15.9 Å². The van der Waals surface area contributed by atoms with Crippen LogP contribution in [0.2, 0.25) is 0 Å². The van der Waals surface area contributed by atoms with Crippen LogP contribution in [0.3, 0.4) is 0 Å². The molecule has 0 bridgehead atoms. The van der Waals surface area contributed by atoms with Crippen molar-refractivity contribution in [2.24, 2.45) is 0 Å². The van der Waals surface area contributed by atoms with Gasteiger partial charge < -0.3 is 14.8 Å². The third kappa shape index (κ3) is 3.69. The largest absolute Gasteiger partial charge is 0.486 e. The van der Waals surface area contributed by atoms with Crippen molar-refractivity contribution in [1.82, 2.24) is 10.2 Å². The second-order valence-electron chi connectivity index (χ2n) is 5.66. The van der Waals surface area contributed by atoms with Gasteiger partial charge in [-0.1, -0.05) is 18.1 Å². The van der Waals surface area contributed by atoms with Crippen LogP contribution in [0.15, 0.2) is 24.3 Å². The van der Waals surface area contributed by atoms with Gasteiger partial charge in [0.15, 0.2) is 11.5 Å². The van der Waals surface area contributed by atoms with Crippen molar-refractivity contribution in [1.29, 1.82) is 0 Å². The zero-order valence-electron chi connectivity index (χ0n) is 12.3. The Morgan fingerprint density at radius 3 is 2.76 bits per heavy atom. The van der Waals surface area contributed by atoms with Crippen molar-refractivity contribution >= 4 is 0 Å². The molecular weight excluding hydrogens is 264 g/mol. The van der Waals surface area contributed by atoms with Gasteiger partial charge in [0.1, 0.15) is 12.7 Å². The van der Waals surface area contributed by atoms with Crippen LogP contribution < -0.4 is 14.8 Å². The molecule has 0 amide bonds. The van der Waals surface area contributed by atoms with Gasteiger partial charge >= 0.3 is 0 Å². The first-order chi connectivity index (χ1) is 10.3. The van der Waals surface area contributed by atoms with E-state index in [-0.39, 0.29) is 6.10 Å². The molecule has 2 aliphatic rings. The van der Waals surface area contributed by atoms with Gasteiger partial charge in [-0.05, 0) is 25.0 Å². The average Bonchev–Trinajstić information content (AvgIpc) is 2.54. The van der Waals surface area contributed by atoms with Gasteiger partial charge in [0.2, 0.25) is 0 Å². The first-order valence-corrected chi connectivity index (χ1v) is 7.63. The van der Waals surface area contributed by atoms with E-state index in [2.05, 4.69) is 16.1 Å². The minimum Gasteiger partial charge on any atom is -0.486 e. The number of nitrogens with zero attached hydrogens (tertiary/aromatic N) is 1. The highest BCUT2D eigenvalue weighted by Gasteiger charge is 2.23. The van der Waals surface area contributed by atoms with Gasteiger partial charge in [-0.2, -0.15) is 0 Å². The smallest absolute Gasteiger partial charge is 0.161 e. The molecule has 0 aliphatic carbocycles. The van der Waals surface area contributed by atoms with Gasteiger partial charge in [-0.15, -0.1) is 6.42 Å². The Hall–Kier alpha value is -1.70. The Balaban J connectivity index is 1.42. The fraction of sp³-hybridized carbons (Fsp3) is 0.529. The van der Waals surface area contributed by atoms with Gasteiger partial charge in [-0.25, -0.2) is 0 Å². The minimum absolute atomic E-state index is 0.0867. The summed E-state index contributed by atoms with van der Waals surface area (Å²) in [5.41, 5.74) is 0. The highest BCUT2D eigenvalue weighted by Crippen LogP contribution is 2.30. The molecule has 2 heterocycles. The maximum Gasteiger partial charge on any atom is 0.161 e. The van der Waals surface area contributed by atoms with E-state index in [1.807, 2.05) is 24.3 Å². The number of hydrogen-bond donors (Lipinski definition) is 1. The van der Waals surface area contributed by atoms with Crippen molar-refractivity contribution in [2.75, 3.05) is 32.8 Å². The van der Waals surface area contributed by atoms with E-state index in [1.54, 1.807) is 0 Å². The summed E-state index contributed by atoms with van der Waals surface area (Å²) in [6.45, 7) is 4.36. The second kappa shape index (κ2) is 6.84. The standard InChI is InChI=1S/C17H22N2O2/c1-2-9-19-10-7-14(8-11-19)18-12-15-13-20-16-5-3-4-6-17(16)21-15/h1,3-6,14-15,18H,7-13H2. The molecule has 21 heavy (non-hydrogen) atoms. The summed E-state index contributed by atoms with van der Waals surface area (Å²) in [6, 6.07) is 8.39. The van der Waals surface area contributed by atoms with Crippen LogP contribution in [0, 0.1) is 12.3 Å². The summed E-state index contributed by atoms with van der Waals surface area (Å²) in [6.07, 6.45) is 7.73. The molecule has 1 aromatic rings. The van der Waals surface area contributed by atoms with Crippen molar-refractivity contribution < 1.29 is 9.47 Å². The van der Waals surface area contributed by atoms with Gasteiger partial charge in [-0.3, -0.25) is 4.90 Å². The third-order valence-electron chi connectivity index (χ3n) is 4.10. The Bertz CT molecular complexity index is 504. The number of piperidine rings is 1. The summed E-state index contributed by atoms with van der Waals surface area (Å²) >= 11 is 0. The molecule has 3 rings (SSSR count). The van der Waals surface area contributed by atoms with E-state index in [1.165, 1.54) is 0 Å². The lowest BCUT2D eigenvalue weighted by atomic mass is 10.0. The third-order valence-corrected chi connectivity index (χ3v) is 4.10. The monoisotopic (exact) mass is 286 g/mol. The number of nitrogens with one attached hydrogen (secondary N) is 1. The van der Waals surface area contributed by atoms with E-state index >= 15 is 0 Å². The van der Waals surface area contributed by atoms with E-state index < -0.39 is 0 Å². The van der Waals surface area contributed by atoms with Crippen molar-refractivity contribution in [2.45, 2.75) is 25.0 Å². The number of likely N-dealkylation sites (tertiary alicyclic amines) is 1. The first-order valence-electron chi connectivity index (χ1n) is 7.63. The molecule has 1 unspecified atom stereocenters. The number of ether oxygens (including phenoxy) is 2. The van der Waals surface area contributed by atoms with Crippen LogP contribution in [0.4, 0.5) is 0 Å². The van der Waals surface area contributed by atoms with Crippen LogP contribution in [-0.2, 0) is 0 Å². The lowest BCUT2D eigenvalue weighted by Crippen LogP contribution is -2.47. The Kier molecular flexibility index (Phi) is 4.64. The fourth-order valence-electron chi connectivity index (χ4n) is 2.89. The molecule has 4 heteroatoms. The molecule has 1 N–H and O–H groups in total. The number of terminal acetylenes is 1. The Morgan fingerprint density at radius 2 is 2.00 bits per heavy atom. The molecule has 1 aromatic carbocycles. The molecule has 0 spiro atoms. The maximum atomic E-state index is 5.96. The lowest BCUT2D eigenvalue weighted by molar-refractivity contribution is 0.0850. The summed E-state index contributed by atoms with van der Waals surface area (Å²) in [5, 5.41) is 3.60. The van der Waals surface area contributed by atoms with Crippen LogP contribution >= 0.6 is 0 Å². The molecule has 0 aromatic heterocycles. The number of rotatable bonds is 4. The number of hydrogen-bond acceptors (Lipinski definition) is 4. The highest BCUT2D eigenvalue weighted by atomic mass is 16.6. The Labute approximate surface area is 126 Å². The zero-order chi connectivity index (χ0) is 14.5. The predicted octanol–water partition coefficient (Wildman–Crippen LogP) is 1.51. The molecular formula is C17H22N2O2. The fourth-order valence-corrected chi connectivity index (χ4v) is 2.89. The number of para-hydroxylation sites is 2. The summed E-state index contributed by atoms with van der Waals surface area (Å²) in [7, 11) is 0. The summed E-state index contributed by atoms with van der Waals surface area (Å²) in [5.74, 6) is 4.40. The number of fused-ring (bicyclic) bond motifs is 1.